The van der Waals surface area contributed by atoms with E-state index in [0.717, 1.165) is 31.2 Å². The number of aliphatic carboxylic acids is 1. The van der Waals surface area contributed by atoms with Gasteiger partial charge in [0.2, 0.25) is 0 Å². The van der Waals surface area contributed by atoms with E-state index in [9.17, 15) is 9.59 Å². The van der Waals surface area contributed by atoms with Crippen LogP contribution in [0.25, 0.3) is 0 Å². The van der Waals surface area contributed by atoms with Gasteiger partial charge in [0, 0.05) is 19.5 Å². The molecule has 0 bridgehead atoms. The van der Waals surface area contributed by atoms with Crippen LogP contribution in [0.5, 0.6) is 0 Å². The van der Waals surface area contributed by atoms with Crippen molar-refractivity contribution in [3.8, 4) is 0 Å². The average Bonchev–Trinajstić information content (AvgIpc) is 2.47. The largest absolute Gasteiger partial charge is 0.481 e. The molecule has 24 heavy (non-hydrogen) atoms. The van der Waals surface area contributed by atoms with Crippen molar-refractivity contribution in [1.82, 2.24) is 0 Å². The minimum Gasteiger partial charge on any atom is -0.481 e. The Kier molecular flexibility index (Phi) is 12.7. The standard InChI is InChI=1S/C11H14O2.C8H16O2.Zn/c1-11(2,3)9-6-4-8(5-7-9)10(12)13;1-3-5-6-7(4-2)8(9)10;/h4-7H,1-3H3,(H,12,13);7H,3-6H2,1-2H3,(H,9,10);. The number of hydrogen-bond acceptors (Lipinski definition) is 2. The fraction of sp³-hybridized carbons (Fsp3) is 0.579. The first kappa shape index (κ1) is 25.0. The molecule has 0 aromatic heterocycles. The Morgan fingerprint density at radius 3 is 1.83 bits per heavy atom. The summed E-state index contributed by atoms with van der Waals surface area (Å²) in [6.45, 7) is 10.3. The van der Waals surface area contributed by atoms with Gasteiger partial charge in [-0.3, -0.25) is 4.79 Å². The zero-order valence-electron chi connectivity index (χ0n) is 15.6. The fourth-order valence-corrected chi connectivity index (χ4v) is 2.07. The molecule has 1 atom stereocenters. The number of hydrogen-bond donors (Lipinski definition) is 2. The molecule has 5 heteroatoms. The topological polar surface area (TPSA) is 74.6 Å². The van der Waals surface area contributed by atoms with E-state index in [1.54, 1.807) is 12.1 Å². The number of carboxylic acid groups (broad SMARTS) is 2. The third kappa shape index (κ3) is 9.82. The summed E-state index contributed by atoms with van der Waals surface area (Å²) in [5.41, 5.74) is 1.57. The maximum absolute atomic E-state index is 10.6. The molecule has 0 heterocycles. The monoisotopic (exact) mass is 386 g/mol. The van der Waals surface area contributed by atoms with E-state index in [0.29, 0.717) is 5.56 Å². The van der Waals surface area contributed by atoms with Gasteiger partial charge in [0.1, 0.15) is 0 Å². The molecule has 0 aliphatic rings. The van der Waals surface area contributed by atoms with Crippen molar-refractivity contribution in [3.63, 3.8) is 0 Å². The van der Waals surface area contributed by atoms with Gasteiger partial charge in [-0.05, 0) is 36.0 Å². The molecule has 132 valence electrons. The van der Waals surface area contributed by atoms with Crippen LogP contribution in [0.2, 0.25) is 0 Å². The second kappa shape index (κ2) is 12.2. The summed E-state index contributed by atoms with van der Waals surface area (Å²) in [6.07, 6.45) is 3.71. The van der Waals surface area contributed by atoms with Crippen LogP contribution in [0.15, 0.2) is 24.3 Å². The van der Waals surface area contributed by atoms with Gasteiger partial charge in [-0.15, -0.1) is 0 Å². The molecule has 1 aromatic carbocycles. The van der Waals surface area contributed by atoms with E-state index < -0.39 is 11.9 Å². The van der Waals surface area contributed by atoms with E-state index in [2.05, 4.69) is 27.7 Å². The molecule has 1 rings (SSSR count). The van der Waals surface area contributed by atoms with Gasteiger partial charge in [0.25, 0.3) is 0 Å². The average molecular weight is 388 g/mol. The van der Waals surface area contributed by atoms with Crippen molar-refractivity contribution in [2.75, 3.05) is 0 Å². The Morgan fingerprint density at radius 2 is 1.54 bits per heavy atom. The Labute approximate surface area is 158 Å². The molecule has 0 aliphatic carbocycles. The summed E-state index contributed by atoms with van der Waals surface area (Å²) >= 11 is 0. The van der Waals surface area contributed by atoms with Crippen molar-refractivity contribution in [1.29, 1.82) is 0 Å². The Balaban J connectivity index is 0. The molecule has 0 saturated carbocycles. The molecule has 4 nitrogen and oxygen atoms in total. The van der Waals surface area contributed by atoms with Crippen LogP contribution in [0.4, 0.5) is 0 Å². The molecular weight excluding hydrogens is 358 g/mol. The normalized spacial score (nSPS) is 11.5. The zero-order chi connectivity index (χ0) is 18.0. The minimum absolute atomic E-state index is 0. The van der Waals surface area contributed by atoms with Crippen LogP contribution in [0.1, 0.15) is 76.2 Å². The Hall–Kier alpha value is -1.22. The summed E-state index contributed by atoms with van der Waals surface area (Å²) < 4.78 is 0. The van der Waals surface area contributed by atoms with Gasteiger partial charge >= 0.3 is 11.9 Å². The molecule has 0 aliphatic heterocycles. The first-order valence-corrected chi connectivity index (χ1v) is 8.20. The predicted molar refractivity (Wildman–Crippen MR) is 93.0 cm³/mol. The summed E-state index contributed by atoms with van der Waals surface area (Å²) in [7, 11) is 0. The second-order valence-corrected chi connectivity index (χ2v) is 6.72. The van der Waals surface area contributed by atoms with Crippen LogP contribution in [-0.2, 0) is 29.7 Å². The number of rotatable bonds is 6. The molecule has 0 amide bonds. The van der Waals surface area contributed by atoms with Gasteiger partial charge in [-0.25, -0.2) is 4.79 Å². The van der Waals surface area contributed by atoms with Crippen molar-refractivity contribution in [3.05, 3.63) is 35.4 Å². The molecule has 0 spiro atoms. The summed E-state index contributed by atoms with van der Waals surface area (Å²) in [4.78, 5) is 21.0. The van der Waals surface area contributed by atoms with E-state index in [1.807, 2.05) is 19.1 Å². The van der Waals surface area contributed by atoms with Crippen LogP contribution < -0.4 is 0 Å². The third-order valence-corrected chi connectivity index (χ3v) is 3.75. The first-order chi connectivity index (χ1) is 10.6. The predicted octanol–water partition coefficient (Wildman–Crippen LogP) is 4.97. The molecular formula is C19H30O4Zn. The van der Waals surface area contributed by atoms with Gasteiger partial charge in [-0.2, -0.15) is 0 Å². The number of carbonyl (C=O) groups is 2. The number of benzene rings is 1. The minimum atomic E-state index is -0.875. The van der Waals surface area contributed by atoms with E-state index in [4.69, 9.17) is 10.2 Å². The number of carboxylic acids is 2. The van der Waals surface area contributed by atoms with E-state index in [-0.39, 0.29) is 30.8 Å². The zero-order valence-corrected chi connectivity index (χ0v) is 18.6. The van der Waals surface area contributed by atoms with Crippen molar-refractivity contribution in [2.24, 2.45) is 5.92 Å². The SMILES string of the molecule is CC(C)(C)c1ccc(C(=O)O)cc1.CCCCC(CC)C(=O)O.[Zn]. The number of aromatic carboxylic acids is 1. The van der Waals surface area contributed by atoms with Gasteiger partial charge in [0.05, 0.1) is 11.5 Å². The van der Waals surface area contributed by atoms with Crippen LogP contribution >= 0.6 is 0 Å². The smallest absolute Gasteiger partial charge is 0.335 e. The van der Waals surface area contributed by atoms with Gasteiger partial charge < -0.3 is 10.2 Å². The van der Waals surface area contributed by atoms with Crippen LogP contribution in [-0.4, -0.2) is 22.2 Å². The Bertz CT molecular complexity index is 489. The fourth-order valence-electron chi connectivity index (χ4n) is 2.07. The van der Waals surface area contributed by atoms with E-state index in [1.165, 1.54) is 0 Å². The van der Waals surface area contributed by atoms with Crippen molar-refractivity contribution >= 4 is 11.9 Å². The van der Waals surface area contributed by atoms with E-state index >= 15 is 0 Å². The van der Waals surface area contributed by atoms with Gasteiger partial charge in [0.15, 0.2) is 0 Å². The first-order valence-electron chi connectivity index (χ1n) is 8.20. The molecule has 0 fully saturated rings. The Morgan fingerprint density at radius 1 is 1.04 bits per heavy atom. The molecule has 2 N–H and O–H groups in total. The van der Waals surface area contributed by atoms with Crippen LogP contribution in [0, 0.1) is 5.92 Å². The molecule has 1 aromatic rings. The summed E-state index contributed by atoms with van der Waals surface area (Å²) in [5, 5.41) is 17.3. The quantitative estimate of drug-likeness (QED) is 0.676. The molecule has 0 saturated heterocycles. The summed E-state index contributed by atoms with van der Waals surface area (Å²) in [6, 6.07) is 7.01. The second-order valence-electron chi connectivity index (χ2n) is 6.72. The van der Waals surface area contributed by atoms with Crippen LogP contribution in [0.3, 0.4) is 0 Å². The maximum atomic E-state index is 10.6. The maximum Gasteiger partial charge on any atom is 0.335 e. The molecule has 0 radical (unpaired) electrons. The number of unbranched alkanes of at least 4 members (excludes halogenated alkanes) is 1. The van der Waals surface area contributed by atoms with Gasteiger partial charge in [-0.1, -0.05) is 59.6 Å². The van der Waals surface area contributed by atoms with Crippen molar-refractivity contribution in [2.45, 2.75) is 65.7 Å². The third-order valence-electron chi connectivity index (χ3n) is 3.75. The summed E-state index contributed by atoms with van der Waals surface area (Å²) in [5.74, 6) is -1.63. The molecule has 1 unspecified atom stereocenters. The van der Waals surface area contributed by atoms with Crippen molar-refractivity contribution < 1.29 is 39.3 Å².